The summed E-state index contributed by atoms with van der Waals surface area (Å²) in [6.07, 6.45) is 5.32. The highest BCUT2D eigenvalue weighted by atomic mass is 79.9. The van der Waals surface area contributed by atoms with E-state index in [1.54, 1.807) is 11.3 Å². The molecule has 1 aliphatic carbocycles. The lowest BCUT2D eigenvalue weighted by atomic mass is 9.95. The van der Waals surface area contributed by atoms with E-state index in [0.29, 0.717) is 5.92 Å². The Morgan fingerprint density at radius 1 is 1.60 bits per heavy atom. The number of halogens is 1. The second-order valence-corrected chi connectivity index (χ2v) is 6.31. The van der Waals surface area contributed by atoms with E-state index in [1.807, 2.05) is 0 Å². The van der Waals surface area contributed by atoms with E-state index >= 15 is 0 Å². The van der Waals surface area contributed by atoms with Gasteiger partial charge in [0, 0.05) is 15.4 Å². The van der Waals surface area contributed by atoms with Crippen LogP contribution in [-0.2, 0) is 0 Å². The van der Waals surface area contributed by atoms with Gasteiger partial charge in [-0.2, -0.15) is 0 Å². The molecule has 1 heterocycles. The van der Waals surface area contributed by atoms with Crippen LogP contribution in [0.25, 0.3) is 0 Å². The fraction of sp³-hybridized carbons (Fsp3) is 0.667. The molecule has 3 unspecified atom stereocenters. The molecule has 0 radical (unpaired) electrons. The molecule has 0 bridgehead atoms. The Morgan fingerprint density at radius 2 is 2.40 bits per heavy atom. The van der Waals surface area contributed by atoms with Crippen molar-refractivity contribution in [1.82, 2.24) is 0 Å². The highest BCUT2D eigenvalue weighted by molar-refractivity contribution is 9.10. The van der Waals surface area contributed by atoms with Gasteiger partial charge in [0.25, 0.3) is 0 Å². The molecule has 2 N–H and O–H groups in total. The molecule has 1 saturated carbocycles. The molecule has 2 rings (SSSR count). The quantitative estimate of drug-likeness (QED) is 0.880. The summed E-state index contributed by atoms with van der Waals surface area (Å²) < 4.78 is 1.19. The summed E-state index contributed by atoms with van der Waals surface area (Å²) in [5, 5.41) is 2.12. The fourth-order valence-corrected chi connectivity index (χ4v) is 4.30. The summed E-state index contributed by atoms with van der Waals surface area (Å²) in [5.74, 6) is 1.62. The molecule has 0 saturated heterocycles. The number of nitrogens with two attached hydrogens (primary N) is 1. The van der Waals surface area contributed by atoms with Gasteiger partial charge in [-0.3, -0.25) is 0 Å². The van der Waals surface area contributed by atoms with Gasteiger partial charge in [-0.05, 0) is 52.1 Å². The van der Waals surface area contributed by atoms with E-state index in [9.17, 15) is 0 Å². The van der Waals surface area contributed by atoms with Crippen molar-refractivity contribution in [3.05, 3.63) is 20.8 Å². The fourth-order valence-electron chi connectivity index (χ4n) is 2.57. The minimum Gasteiger partial charge on any atom is -0.323 e. The van der Waals surface area contributed by atoms with Crippen LogP contribution in [0.3, 0.4) is 0 Å². The SMILES string of the molecule is CCC1CCC(C(N)c2sccc2Br)C1. The minimum absolute atomic E-state index is 0.246. The summed E-state index contributed by atoms with van der Waals surface area (Å²) in [6, 6.07) is 2.35. The number of rotatable bonds is 3. The molecule has 0 amide bonds. The molecule has 84 valence electrons. The third-order valence-electron chi connectivity index (χ3n) is 3.61. The van der Waals surface area contributed by atoms with Crippen LogP contribution in [0.15, 0.2) is 15.9 Å². The van der Waals surface area contributed by atoms with Gasteiger partial charge >= 0.3 is 0 Å². The molecule has 3 atom stereocenters. The first-order valence-electron chi connectivity index (χ1n) is 5.70. The topological polar surface area (TPSA) is 26.0 Å². The maximum atomic E-state index is 6.34. The summed E-state index contributed by atoms with van der Waals surface area (Å²) >= 11 is 5.36. The van der Waals surface area contributed by atoms with Crippen molar-refractivity contribution >= 4 is 27.3 Å². The van der Waals surface area contributed by atoms with Crippen molar-refractivity contribution < 1.29 is 0 Å². The van der Waals surface area contributed by atoms with Crippen molar-refractivity contribution in [1.29, 1.82) is 0 Å². The van der Waals surface area contributed by atoms with Crippen molar-refractivity contribution in [2.24, 2.45) is 17.6 Å². The van der Waals surface area contributed by atoms with Gasteiger partial charge in [0.15, 0.2) is 0 Å². The summed E-state index contributed by atoms with van der Waals surface area (Å²) in [6.45, 7) is 2.29. The maximum absolute atomic E-state index is 6.34. The van der Waals surface area contributed by atoms with Gasteiger partial charge in [-0.25, -0.2) is 0 Å². The molecular weight excluding hydrogens is 270 g/mol. The average molecular weight is 288 g/mol. The zero-order valence-corrected chi connectivity index (χ0v) is 11.5. The average Bonchev–Trinajstić information content (AvgIpc) is 2.84. The van der Waals surface area contributed by atoms with Gasteiger partial charge in [0.2, 0.25) is 0 Å². The smallest absolute Gasteiger partial charge is 0.0429 e. The van der Waals surface area contributed by atoms with Crippen molar-refractivity contribution in [3.63, 3.8) is 0 Å². The Bertz CT molecular complexity index is 323. The molecular formula is C12H18BrNS. The van der Waals surface area contributed by atoms with Gasteiger partial charge in [0.05, 0.1) is 0 Å². The lowest BCUT2D eigenvalue weighted by Gasteiger charge is -2.18. The molecule has 0 aliphatic heterocycles. The molecule has 1 aromatic rings. The van der Waals surface area contributed by atoms with Gasteiger partial charge in [0.1, 0.15) is 0 Å². The molecule has 15 heavy (non-hydrogen) atoms. The van der Waals surface area contributed by atoms with Crippen LogP contribution in [-0.4, -0.2) is 0 Å². The molecule has 3 heteroatoms. The Labute approximate surface area is 104 Å². The Balaban J connectivity index is 2.03. The minimum atomic E-state index is 0.246. The normalized spacial score (nSPS) is 28.2. The van der Waals surface area contributed by atoms with Crippen LogP contribution < -0.4 is 5.73 Å². The summed E-state index contributed by atoms with van der Waals surface area (Å²) in [5.41, 5.74) is 6.34. The maximum Gasteiger partial charge on any atom is 0.0429 e. The lowest BCUT2D eigenvalue weighted by Crippen LogP contribution is -2.18. The van der Waals surface area contributed by atoms with Crippen LogP contribution in [0, 0.1) is 11.8 Å². The summed E-state index contributed by atoms with van der Waals surface area (Å²) in [7, 11) is 0. The molecule has 0 aromatic carbocycles. The monoisotopic (exact) mass is 287 g/mol. The van der Waals surface area contributed by atoms with Gasteiger partial charge < -0.3 is 5.73 Å². The summed E-state index contributed by atoms with van der Waals surface area (Å²) in [4.78, 5) is 1.33. The van der Waals surface area contributed by atoms with Gasteiger partial charge in [-0.15, -0.1) is 11.3 Å². The van der Waals surface area contributed by atoms with Crippen LogP contribution in [0.2, 0.25) is 0 Å². The Hall–Kier alpha value is 0.140. The number of hydrogen-bond donors (Lipinski definition) is 1. The second kappa shape index (κ2) is 4.98. The Kier molecular flexibility index (Phi) is 3.86. The third kappa shape index (κ3) is 2.45. The highest BCUT2D eigenvalue weighted by Crippen LogP contribution is 2.42. The second-order valence-electron chi connectivity index (χ2n) is 4.51. The largest absolute Gasteiger partial charge is 0.323 e. The third-order valence-corrected chi connectivity index (χ3v) is 5.59. The molecule has 1 fully saturated rings. The zero-order valence-electron chi connectivity index (χ0n) is 9.08. The van der Waals surface area contributed by atoms with E-state index in [-0.39, 0.29) is 6.04 Å². The first-order valence-corrected chi connectivity index (χ1v) is 7.38. The highest BCUT2D eigenvalue weighted by Gasteiger charge is 2.30. The molecule has 1 aromatic heterocycles. The van der Waals surface area contributed by atoms with E-state index in [0.717, 1.165) is 5.92 Å². The van der Waals surface area contributed by atoms with Crippen molar-refractivity contribution in [3.8, 4) is 0 Å². The van der Waals surface area contributed by atoms with E-state index < -0.39 is 0 Å². The zero-order chi connectivity index (χ0) is 10.8. The van der Waals surface area contributed by atoms with Gasteiger partial charge in [-0.1, -0.05) is 19.8 Å². The van der Waals surface area contributed by atoms with E-state index in [1.165, 1.54) is 35.0 Å². The van der Waals surface area contributed by atoms with E-state index in [4.69, 9.17) is 5.73 Å². The van der Waals surface area contributed by atoms with Crippen LogP contribution in [0.4, 0.5) is 0 Å². The number of hydrogen-bond acceptors (Lipinski definition) is 2. The molecule has 1 nitrogen and oxygen atoms in total. The lowest BCUT2D eigenvalue weighted by molar-refractivity contribution is 0.419. The predicted octanol–water partition coefficient (Wildman–Crippen LogP) is 4.34. The van der Waals surface area contributed by atoms with E-state index in [2.05, 4.69) is 34.3 Å². The standard InChI is InChI=1S/C12H18BrNS/c1-2-8-3-4-9(7-8)11(14)12-10(13)5-6-15-12/h5-6,8-9,11H,2-4,7,14H2,1H3. The molecule has 0 spiro atoms. The first-order chi connectivity index (χ1) is 7.22. The Morgan fingerprint density at radius 3 is 2.93 bits per heavy atom. The number of thiophene rings is 1. The van der Waals surface area contributed by atoms with Crippen molar-refractivity contribution in [2.45, 2.75) is 38.6 Å². The van der Waals surface area contributed by atoms with Crippen LogP contribution in [0.5, 0.6) is 0 Å². The first kappa shape index (κ1) is 11.6. The van der Waals surface area contributed by atoms with Crippen molar-refractivity contribution in [2.75, 3.05) is 0 Å². The molecule has 1 aliphatic rings. The van der Waals surface area contributed by atoms with Crippen LogP contribution in [0.1, 0.15) is 43.5 Å². The predicted molar refractivity (Wildman–Crippen MR) is 70.1 cm³/mol. The van der Waals surface area contributed by atoms with Crippen LogP contribution >= 0.6 is 27.3 Å².